The highest BCUT2D eigenvalue weighted by molar-refractivity contribution is 6.36. The van der Waals surface area contributed by atoms with Crippen LogP contribution in [0, 0.1) is 12.4 Å². The number of amides is 1. The minimum atomic E-state index is -1.03. The predicted octanol–water partition coefficient (Wildman–Crippen LogP) is 6.45. The summed E-state index contributed by atoms with van der Waals surface area (Å²) in [4.78, 5) is 39.6. The van der Waals surface area contributed by atoms with Crippen LogP contribution in [0.1, 0.15) is 18.7 Å². The normalized spacial score (nSPS) is 18.5. The largest absolute Gasteiger partial charge is 0.462 e. The highest BCUT2D eigenvalue weighted by Crippen LogP contribution is 2.39. The van der Waals surface area contributed by atoms with Gasteiger partial charge in [0.1, 0.15) is 24.0 Å². The molecule has 5 aromatic rings. The van der Waals surface area contributed by atoms with Crippen LogP contribution in [0.5, 0.6) is 6.01 Å². The lowest BCUT2D eigenvalue weighted by Crippen LogP contribution is -2.56. The second-order valence-electron chi connectivity index (χ2n) is 12.4. The lowest BCUT2D eigenvalue weighted by Gasteiger charge is -2.39. The summed E-state index contributed by atoms with van der Waals surface area (Å²) in [5.74, 6) is -1.96. The van der Waals surface area contributed by atoms with Crippen LogP contribution in [0.15, 0.2) is 72.8 Å². The number of benzene rings is 3. The molecule has 0 N–H and O–H groups in total. The zero-order chi connectivity index (χ0) is 34.8. The van der Waals surface area contributed by atoms with Gasteiger partial charge in [-0.15, -0.1) is 0 Å². The third kappa shape index (κ3) is 6.54. The first-order valence-electron chi connectivity index (χ1n) is 16.4. The topological polar surface area (TPSA) is 91.9 Å². The van der Waals surface area contributed by atoms with E-state index in [0.717, 1.165) is 36.2 Å². The maximum Gasteiger partial charge on any atom is 0.319 e. The zero-order valence-corrected chi connectivity index (χ0v) is 28.0. The van der Waals surface area contributed by atoms with E-state index in [1.807, 2.05) is 42.3 Å². The van der Waals surface area contributed by atoms with Crippen LogP contribution in [0.25, 0.3) is 43.7 Å². The van der Waals surface area contributed by atoms with Crippen LogP contribution in [-0.4, -0.2) is 94.1 Å². The van der Waals surface area contributed by atoms with Crippen molar-refractivity contribution in [3.8, 4) is 17.1 Å². The van der Waals surface area contributed by atoms with Crippen molar-refractivity contribution in [1.82, 2.24) is 29.7 Å². The van der Waals surface area contributed by atoms with E-state index in [1.165, 1.54) is 17.3 Å². The van der Waals surface area contributed by atoms with Crippen molar-refractivity contribution in [3.05, 3.63) is 101 Å². The summed E-state index contributed by atoms with van der Waals surface area (Å²) in [7, 11) is 2.04. The number of hydrogen-bond donors (Lipinski definition) is 0. The zero-order valence-electron chi connectivity index (χ0n) is 27.3. The fourth-order valence-electron chi connectivity index (χ4n) is 6.79. The predicted molar refractivity (Wildman–Crippen MR) is 189 cm³/mol. The van der Waals surface area contributed by atoms with Gasteiger partial charge in [0.2, 0.25) is 6.54 Å². The summed E-state index contributed by atoms with van der Waals surface area (Å²) < 4.78 is 38.1. The molecule has 0 radical (unpaired) electrons. The third-order valence-corrected chi connectivity index (χ3v) is 9.69. The van der Waals surface area contributed by atoms with E-state index in [1.54, 1.807) is 24.3 Å². The molecule has 13 heteroatoms. The van der Waals surface area contributed by atoms with E-state index in [2.05, 4.69) is 24.7 Å². The van der Waals surface area contributed by atoms with Crippen molar-refractivity contribution in [2.75, 3.05) is 51.3 Å². The lowest BCUT2D eigenvalue weighted by molar-refractivity contribution is -0.130. The Labute approximate surface area is 292 Å². The average molecular weight is 695 g/mol. The van der Waals surface area contributed by atoms with E-state index in [9.17, 15) is 4.79 Å². The molecule has 4 heterocycles. The molecule has 10 nitrogen and oxygen atoms in total. The Hall–Kier alpha value is -5.25. The van der Waals surface area contributed by atoms with Gasteiger partial charge in [-0.25, -0.2) is 25.3 Å². The van der Waals surface area contributed by atoms with Crippen LogP contribution in [0.2, 0.25) is 5.02 Å². The first-order valence-corrected chi connectivity index (χ1v) is 16.7. The summed E-state index contributed by atoms with van der Waals surface area (Å²) in [6, 6.07) is 15.8. The minimum Gasteiger partial charge on any atom is -0.462 e. The Morgan fingerprint density at radius 2 is 1.84 bits per heavy atom. The Balaban J connectivity index is 1.27. The van der Waals surface area contributed by atoms with Crippen molar-refractivity contribution in [2.45, 2.75) is 24.9 Å². The molecule has 50 heavy (non-hydrogen) atoms. The molecule has 2 aliphatic heterocycles. The summed E-state index contributed by atoms with van der Waals surface area (Å²) in [5.41, 5.74) is 1.03. The quantitative estimate of drug-likeness (QED) is 0.135. The number of carbonyl (C=O) groups is 1. The summed E-state index contributed by atoms with van der Waals surface area (Å²) in [5, 5.41) is 2.55. The smallest absolute Gasteiger partial charge is 0.319 e. The maximum atomic E-state index is 16.8. The van der Waals surface area contributed by atoms with Gasteiger partial charge in [-0.1, -0.05) is 48.0 Å². The number of likely N-dealkylation sites (N-methyl/N-ethyl adjacent to an activating group) is 1. The molecule has 1 amide bonds. The van der Waals surface area contributed by atoms with E-state index in [-0.39, 0.29) is 49.6 Å². The van der Waals surface area contributed by atoms with Gasteiger partial charge in [0.05, 0.1) is 0 Å². The first-order chi connectivity index (χ1) is 24.3. The Bertz CT molecular complexity index is 2140. The first kappa shape index (κ1) is 33.3. The second kappa shape index (κ2) is 14.3. The van der Waals surface area contributed by atoms with Crippen molar-refractivity contribution >= 4 is 51.1 Å². The highest BCUT2D eigenvalue weighted by atomic mass is 35.5. The number of nitrogens with zero attached hydrogens (tertiary/aromatic N) is 8. The van der Waals surface area contributed by atoms with Crippen LogP contribution in [-0.2, 0) is 4.79 Å². The van der Waals surface area contributed by atoms with E-state index < -0.39 is 23.6 Å². The molecule has 0 bridgehead atoms. The SMILES string of the molecule is [C-]#[N+]C[C@H]1CN(c2nc(OC[C@@H]3CCCN3C)nc3c(F)c(-c4cccc5cccc(Cl)c45)ccc23)CCN1C(=O)/C(F)=C/c1ncccn1. The van der Waals surface area contributed by atoms with Gasteiger partial charge in [-0.05, 0) is 55.6 Å². The van der Waals surface area contributed by atoms with Gasteiger partial charge < -0.3 is 24.3 Å². The average Bonchev–Trinajstić information content (AvgIpc) is 3.55. The number of rotatable bonds is 8. The molecular formula is C37H33ClF2N8O2. The fourth-order valence-corrected chi connectivity index (χ4v) is 7.08. The number of anilines is 1. The number of carbonyl (C=O) groups excluding carboxylic acids is 1. The molecule has 2 aliphatic rings. The van der Waals surface area contributed by atoms with Gasteiger partial charge in [0, 0.05) is 65.5 Å². The van der Waals surface area contributed by atoms with Gasteiger partial charge >= 0.3 is 6.01 Å². The number of fused-ring (bicyclic) bond motifs is 2. The van der Waals surface area contributed by atoms with Crippen LogP contribution in [0.3, 0.4) is 0 Å². The van der Waals surface area contributed by atoms with Crippen molar-refractivity contribution in [2.24, 2.45) is 0 Å². The van der Waals surface area contributed by atoms with E-state index >= 15 is 8.78 Å². The van der Waals surface area contributed by atoms with Gasteiger partial charge in [0.25, 0.3) is 5.91 Å². The molecule has 254 valence electrons. The number of aromatic nitrogens is 4. The Morgan fingerprint density at radius 3 is 2.60 bits per heavy atom. The van der Waals surface area contributed by atoms with Gasteiger partial charge in [-0.3, -0.25) is 4.79 Å². The van der Waals surface area contributed by atoms with E-state index in [0.29, 0.717) is 34.0 Å². The standard InChI is InChI=1S/C37H33ClF2N8O2/c1-41-20-25-21-47(17-18-48(25)36(49)30(39)19-31-42-14-6-15-43-31)35-28-13-12-27(26-10-3-7-23-8-4-11-29(38)32(23)26)33(40)34(28)44-37(45-35)50-22-24-9-5-16-46(24)2/h3-4,6-8,10-15,19,24-25H,5,9,16-18,20-22H2,2H3/b30-19-/t24-,25-/m0/s1. The molecule has 2 saturated heterocycles. The van der Waals surface area contributed by atoms with E-state index in [4.69, 9.17) is 27.9 Å². The molecule has 2 fully saturated rings. The molecule has 0 aliphatic carbocycles. The molecular weight excluding hydrogens is 662 g/mol. The number of hydrogen-bond acceptors (Lipinski definition) is 8. The number of likely N-dealkylation sites (tertiary alicyclic amines) is 1. The van der Waals surface area contributed by atoms with Crippen LogP contribution in [0.4, 0.5) is 14.6 Å². The van der Waals surface area contributed by atoms with Crippen LogP contribution >= 0.6 is 11.6 Å². The molecule has 2 atom stereocenters. The molecule has 0 spiro atoms. The highest BCUT2D eigenvalue weighted by Gasteiger charge is 2.36. The number of ether oxygens (including phenoxy) is 1. The Kier molecular flexibility index (Phi) is 9.52. The fraction of sp³-hybridized carbons (Fsp3) is 0.297. The monoisotopic (exact) mass is 694 g/mol. The number of halogens is 3. The lowest BCUT2D eigenvalue weighted by atomic mass is 9.96. The Morgan fingerprint density at radius 1 is 1.04 bits per heavy atom. The third-order valence-electron chi connectivity index (χ3n) is 9.38. The molecule has 0 saturated carbocycles. The van der Waals surface area contributed by atoms with Crippen LogP contribution < -0.4 is 9.64 Å². The van der Waals surface area contributed by atoms with Gasteiger partial charge in [0.15, 0.2) is 17.5 Å². The minimum absolute atomic E-state index is 0.0249. The molecule has 0 unspecified atom stereocenters. The summed E-state index contributed by atoms with van der Waals surface area (Å²) in [6.07, 6.45) is 5.91. The number of piperazine rings is 1. The summed E-state index contributed by atoms with van der Waals surface area (Å²) >= 11 is 6.62. The molecule has 2 aromatic heterocycles. The van der Waals surface area contributed by atoms with Gasteiger partial charge in [-0.2, -0.15) is 9.97 Å². The molecule has 3 aromatic carbocycles. The van der Waals surface area contributed by atoms with Crippen molar-refractivity contribution < 1.29 is 18.3 Å². The second-order valence-corrected chi connectivity index (χ2v) is 12.8. The van der Waals surface area contributed by atoms with Crippen molar-refractivity contribution in [1.29, 1.82) is 0 Å². The molecule has 7 rings (SSSR count). The maximum absolute atomic E-state index is 16.8. The summed E-state index contributed by atoms with van der Waals surface area (Å²) in [6.45, 7) is 9.30. The van der Waals surface area contributed by atoms with Crippen molar-refractivity contribution in [3.63, 3.8) is 0 Å².